The molecule has 2 aromatic rings. The van der Waals surface area contributed by atoms with Crippen LogP contribution in [0.5, 0.6) is 0 Å². The third-order valence-electron chi connectivity index (χ3n) is 2.38. The molecule has 0 saturated heterocycles. The molecule has 1 aromatic carbocycles. The number of halogens is 2. The van der Waals surface area contributed by atoms with Gasteiger partial charge in [-0.05, 0) is 30.7 Å². The van der Waals surface area contributed by atoms with Crippen molar-refractivity contribution >= 4 is 33.3 Å². The van der Waals surface area contributed by atoms with Gasteiger partial charge in [-0.15, -0.1) is 0 Å². The predicted molar refractivity (Wildman–Crippen MR) is 79.0 cm³/mol. The van der Waals surface area contributed by atoms with Gasteiger partial charge in [-0.1, -0.05) is 34.5 Å². The van der Waals surface area contributed by atoms with E-state index in [9.17, 15) is 0 Å². The van der Waals surface area contributed by atoms with Gasteiger partial charge >= 0.3 is 0 Å². The van der Waals surface area contributed by atoms with E-state index in [-0.39, 0.29) is 0 Å². The van der Waals surface area contributed by atoms with Crippen molar-refractivity contribution < 1.29 is 0 Å². The highest BCUT2D eigenvalue weighted by Crippen LogP contribution is 2.28. The molecular weight excluding hydrogens is 314 g/mol. The van der Waals surface area contributed by atoms with Crippen molar-refractivity contribution in [2.24, 2.45) is 0 Å². The third-order valence-corrected chi connectivity index (χ3v) is 3.31. The molecule has 0 aliphatic heterocycles. The minimum absolute atomic E-state index is 0.658. The number of hydrogen-bond acceptors (Lipinski definition) is 3. The number of nitrogens with zero attached hydrogens (tertiary/aromatic N) is 2. The number of nitrogens with one attached hydrogen (secondary N) is 1. The van der Waals surface area contributed by atoms with Crippen molar-refractivity contribution in [2.45, 2.75) is 13.3 Å². The fraction of sp³-hybridized carbons (Fsp3) is 0.231. The number of aromatic nitrogens is 2. The quantitative estimate of drug-likeness (QED) is 0.906. The smallest absolute Gasteiger partial charge is 0.162 e. The normalized spacial score (nSPS) is 10.4. The number of benzene rings is 1. The molecule has 0 bridgehead atoms. The summed E-state index contributed by atoms with van der Waals surface area (Å²) in [5.41, 5.74) is 0.891. The molecule has 2 rings (SSSR count). The zero-order valence-corrected chi connectivity index (χ0v) is 12.3. The maximum atomic E-state index is 6.00. The Labute approximate surface area is 120 Å². The van der Waals surface area contributed by atoms with Crippen molar-refractivity contribution in [1.82, 2.24) is 9.97 Å². The average molecular weight is 327 g/mol. The lowest BCUT2D eigenvalue weighted by Crippen LogP contribution is -2.03. The van der Waals surface area contributed by atoms with Gasteiger partial charge in [0.25, 0.3) is 0 Å². The molecule has 0 aliphatic carbocycles. The predicted octanol–water partition coefficient (Wildman–Crippen LogP) is 4.38. The molecule has 3 nitrogen and oxygen atoms in total. The Hall–Kier alpha value is -1.13. The van der Waals surface area contributed by atoms with Gasteiger partial charge in [0.15, 0.2) is 5.82 Å². The van der Waals surface area contributed by atoms with Crippen LogP contribution < -0.4 is 5.32 Å². The van der Waals surface area contributed by atoms with Crippen LogP contribution in [0.25, 0.3) is 11.4 Å². The number of rotatable bonds is 4. The fourth-order valence-electron chi connectivity index (χ4n) is 1.51. The Balaban J connectivity index is 2.35. The van der Waals surface area contributed by atoms with Gasteiger partial charge in [-0.2, -0.15) is 0 Å². The molecule has 94 valence electrons. The highest BCUT2D eigenvalue weighted by Gasteiger charge is 2.07. The Morgan fingerprint density at radius 1 is 1.33 bits per heavy atom. The standard InChI is InChI=1S/C13H13BrClN3/c1-2-6-16-12-5-7-17-13(18-12)10-8-9(15)3-4-11(10)14/h3-5,7-8H,2,6H2,1H3,(H,16,17,18). The zero-order chi connectivity index (χ0) is 13.0. The molecule has 0 aliphatic rings. The largest absolute Gasteiger partial charge is 0.370 e. The summed E-state index contributed by atoms with van der Waals surface area (Å²) in [6, 6.07) is 7.43. The van der Waals surface area contributed by atoms with E-state index in [2.05, 4.69) is 38.1 Å². The molecule has 1 aromatic heterocycles. The lowest BCUT2D eigenvalue weighted by molar-refractivity contribution is 0.966. The first-order valence-electron chi connectivity index (χ1n) is 5.73. The summed E-state index contributed by atoms with van der Waals surface area (Å²) in [4.78, 5) is 8.75. The van der Waals surface area contributed by atoms with E-state index >= 15 is 0 Å². The van der Waals surface area contributed by atoms with Gasteiger partial charge in [0.1, 0.15) is 5.82 Å². The lowest BCUT2D eigenvalue weighted by Gasteiger charge is -2.07. The van der Waals surface area contributed by atoms with Gasteiger partial charge in [0.2, 0.25) is 0 Å². The van der Waals surface area contributed by atoms with Crippen LogP contribution in [0.3, 0.4) is 0 Å². The molecule has 0 atom stereocenters. The van der Waals surface area contributed by atoms with Gasteiger partial charge in [-0.25, -0.2) is 9.97 Å². The molecule has 0 spiro atoms. The summed E-state index contributed by atoms with van der Waals surface area (Å²) >= 11 is 9.48. The first kappa shape index (κ1) is 13.3. The van der Waals surface area contributed by atoms with E-state index in [0.29, 0.717) is 10.8 Å². The molecule has 0 unspecified atom stereocenters. The van der Waals surface area contributed by atoms with E-state index < -0.39 is 0 Å². The SMILES string of the molecule is CCCNc1ccnc(-c2cc(Cl)ccc2Br)n1. The molecule has 1 heterocycles. The molecular formula is C13H13BrClN3. The van der Waals surface area contributed by atoms with Crippen LogP contribution in [-0.2, 0) is 0 Å². The van der Waals surface area contributed by atoms with Gasteiger partial charge in [0.05, 0.1) is 0 Å². The second-order valence-corrected chi connectivity index (χ2v) is 5.11. The van der Waals surface area contributed by atoms with Crippen LogP contribution in [0.15, 0.2) is 34.9 Å². The van der Waals surface area contributed by atoms with Crippen LogP contribution >= 0.6 is 27.5 Å². The van der Waals surface area contributed by atoms with Crippen LogP contribution in [-0.4, -0.2) is 16.5 Å². The molecule has 1 N–H and O–H groups in total. The summed E-state index contributed by atoms with van der Waals surface area (Å²) in [7, 11) is 0. The second-order valence-electron chi connectivity index (χ2n) is 3.82. The summed E-state index contributed by atoms with van der Waals surface area (Å²) in [6.07, 6.45) is 2.80. The second kappa shape index (κ2) is 6.16. The first-order chi connectivity index (χ1) is 8.70. The van der Waals surface area contributed by atoms with Crippen LogP contribution in [0.4, 0.5) is 5.82 Å². The van der Waals surface area contributed by atoms with Crippen LogP contribution in [0, 0.1) is 0 Å². The summed E-state index contributed by atoms with van der Waals surface area (Å²) in [5.74, 6) is 1.49. The van der Waals surface area contributed by atoms with E-state index in [4.69, 9.17) is 11.6 Å². The molecule has 0 fully saturated rings. The summed E-state index contributed by atoms with van der Waals surface area (Å²) in [5, 5.41) is 3.91. The van der Waals surface area contributed by atoms with Crippen molar-refractivity contribution in [3.05, 3.63) is 40.0 Å². The highest BCUT2D eigenvalue weighted by molar-refractivity contribution is 9.10. The zero-order valence-electron chi connectivity index (χ0n) is 9.95. The monoisotopic (exact) mass is 325 g/mol. The van der Waals surface area contributed by atoms with Crippen molar-refractivity contribution in [2.75, 3.05) is 11.9 Å². The van der Waals surface area contributed by atoms with E-state index in [1.807, 2.05) is 24.3 Å². The molecule has 0 amide bonds. The summed E-state index contributed by atoms with van der Waals surface area (Å²) in [6.45, 7) is 3.01. The Bertz CT molecular complexity index is 546. The lowest BCUT2D eigenvalue weighted by atomic mass is 10.2. The maximum absolute atomic E-state index is 6.00. The molecule has 5 heteroatoms. The van der Waals surface area contributed by atoms with Crippen molar-refractivity contribution in [3.63, 3.8) is 0 Å². The van der Waals surface area contributed by atoms with Gasteiger partial charge in [-0.3, -0.25) is 0 Å². The summed E-state index contributed by atoms with van der Waals surface area (Å²) < 4.78 is 0.930. The maximum Gasteiger partial charge on any atom is 0.162 e. The van der Waals surface area contributed by atoms with Gasteiger partial charge in [0, 0.05) is 27.8 Å². The minimum atomic E-state index is 0.658. The molecule has 0 radical (unpaired) electrons. The Morgan fingerprint density at radius 3 is 2.94 bits per heavy atom. The third kappa shape index (κ3) is 3.21. The molecule has 0 saturated carbocycles. The van der Waals surface area contributed by atoms with Crippen molar-refractivity contribution in [3.8, 4) is 11.4 Å². The topological polar surface area (TPSA) is 37.8 Å². The van der Waals surface area contributed by atoms with Crippen molar-refractivity contribution in [1.29, 1.82) is 0 Å². The van der Waals surface area contributed by atoms with E-state index in [1.165, 1.54) is 0 Å². The minimum Gasteiger partial charge on any atom is -0.370 e. The highest BCUT2D eigenvalue weighted by atomic mass is 79.9. The van der Waals surface area contributed by atoms with E-state index in [0.717, 1.165) is 28.8 Å². The molecule has 18 heavy (non-hydrogen) atoms. The number of hydrogen-bond donors (Lipinski definition) is 1. The van der Waals surface area contributed by atoms with Crippen LogP contribution in [0.2, 0.25) is 5.02 Å². The fourth-order valence-corrected chi connectivity index (χ4v) is 2.10. The van der Waals surface area contributed by atoms with Crippen LogP contribution in [0.1, 0.15) is 13.3 Å². The first-order valence-corrected chi connectivity index (χ1v) is 6.90. The number of anilines is 1. The Kier molecular flexibility index (Phi) is 4.55. The average Bonchev–Trinajstić information content (AvgIpc) is 2.39. The van der Waals surface area contributed by atoms with Gasteiger partial charge < -0.3 is 5.32 Å². The Morgan fingerprint density at radius 2 is 2.17 bits per heavy atom. The van der Waals surface area contributed by atoms with E-state index in [1.54, 1.807) is 6.20 Å².